The van der Waals surface area contributed by atoms with Crippen LogP contribution in [0.1, 0.15) is 69.4 Å². The molecule has 3 rings (SSSR count). The number of aliphatic carboxylic acids is 1. The van der Waals surface area contributed by atoms with Gasteiger partial charge in [-0.15, -0.1) is 0 Å². The highest BCUT2D eigenvalue weighted by molar-refractivity contribution is 5.78. The van der Waals surface area contributed by atoms with Crippen molar-refractivity contribution in [3.8, 4) is 0 Å². The summed E-state index contributed by atoms with van der Waals surface area (Å²) in [6.45, 7) is 7.89. The van der Waals surface area contributed by atoms with Crippen LogP contribution in [0.15, 0.2) is 24.3 Å². The Labute approximate surface area is 150 Å². The Balaban J connectivity index is 1.52. The Morgan fingerprint density at radius 3 is 2.16 bits per heavy atom. The van der Waals surface area contributed by atoms with Gasteiger partial charge < -0.3 is 10.0 Å². The zero-order valence-corrected chi connectivity index (χ0v) is 15.5. The molecule has 2 unspecified atom stereocenters. The molecule has 2 aliphatic rings. The van der Waals surface area contributed by atoms with Crippen molar-refractivity contribution in [2.45, 2.75) is 58.3 Å². The highest BCUT2D eigenvalue weighted by Gasteiger charge is 2.59. The molecule has 4 nitrogen and oxygen atoms in total. The van der Waals surface area contributed by atoms with Gasteiger partial charge in [0.25, 0.3) is 0 Å². The molecule has 1 aromatic rings. The molecule has 1 aliphatic heterocycles. The maximum atomic E-state index is 12.6. The van der Waals surface area contributed by atoms with Crippen LogP contribution in [0.4, 0.5) is 0 Å². The van der Waals surface area contributed by atoms with E-state index in [1.807, 2.05) is 4.90 Å². The minimum atomic E-state index is -0.668. The molecule has 1 N–H and O–H groups in total. The fraction of sp³-hybridized carbons (Fsp3) is 0.619. The average molecular weight is 343 g/mol. The molecule has 0 radical (unpaired) electrons. The van der Waals surface area contributed by atoms with E-state index in [0.717, 1.165) is 19.3 Å². The summed E-state index contributed by atoms with van der Waals surface area (Å²) >= 11 is 0. The first-order valence-electron chi connectivity index (χ1n) is 9.43. The number of amides is 1. The molecule has 25 heavy (non-hydrogen) atoms. The number of carbonyl (C=O) groups excluding carboxylic acids is 1. The number of benzene rings is 1. The van der Waals surface area contributed by atoms with Gasteiger partial charge in [-0.3, -0.25) is 9.59 Å². The number of piperidine rings is 1. The van der Waals surface area contributed by atoms with Crippen LogP contribution in [0.2, 0.25) is 0 Å². The van der Waals surface area contributed by atoms with Crippen LogP contribution < -0.4 is 0 Å². The molecular formula is C21H29NO3. The van der Waals surface area contributed by atoms with Crippen molar-refractivity contribution in [2.24, 2.45) is 11.3 Å². The highest BCUT2D eigenvalue weighted by Crippen LogP contribution is 2.59. The standard InChI is InChI=1S/C21H29NO3/c1-14(2)16-4-6-17(7-5-16)15(3)12-19(23)22-10-8-21(9-11-22)13-18(21)20(24)25/h4-7,14-15,18H,8-13H2,1-3H3,(H,24,25). The number of nitrogens with zero attached hydrogens (tertiary/aromatic N) is 1. The van der Waals surface area contributed by atoms with Crippen molar-refractivity contribution < 1.29 is 14.7 Å². The first kappa shape index (κ1) is 18.0. The van der Waals surface area contributed by atoms with E-state index < -0.39 is 5.97 Å². The topological polar surface area (TPSA) is 57.6 Å². The molecule has 1 aromatic carbocycles. The number of carboxylic acids is 1. The second-order valence-corrected chi connectivity index (χ2v) is 8.26. The SMILES string of the molecule is CC(C)c1ccc(C(C)CC(=O)N2CCC3(CC2)CC3C(=O)O)cc1. The molecule has 0 bridgehead atoms. The first-order valence-corrected chi connectivity index (χ1v) is 9.43. The van der Waals surface area contributed by atoms with Gasteiger partial charge >= 0.3 is 5.97 Å². The molecule has 1 saturated heterocycles. The third-order valence-corrected chi connectivity index (χ3v) is 6.25. The van der Waals surface area contributed by atoms with Gasteiger partial charge in [0.05, 0.1) is 5.92 Å². The molecule has 1 aliphatic carbocycles. The van der Waals surface area contributed by atoms with E-state index >= 15 is 0 Å². The molecule has 2 atom stereocenters. The smallest absolute Gasteiger partial charge is 0.307 e. The summed E-state index contributed by atoms with van der Waals surface area (Å²) < 4.78 is 0. The summed E-state index contributed by atoms with van der Waals surface area (Å²) in [5.41, 5.74) is 2.52. The Morgan fingerprint density at radius 2 is 1.68 bits per heavy atom. The number of carbonyl (C=O) groups is 2. The van der Waals surface area contributed by atoms with E-state index in [1.165, 1.54) is 11.1 Å². The van der Waals surface area contributed by atoms with Crippen molar-refractivity contribution in [3.63, 3.8) is 0 Å². The van der Waals surface area contributed by atoms with Crippen molar-refractivity contribution >= 4 is 11.9 Å². The van der Waals surface area contributed by atoms with Gasteiger partial charge in [-0.25, -0.2) is 0 Å². The monoisotopic (exact) mass is 343 g/mol. The van der Waals surface area contributed by atoms with Gasteiger partial charge in [0.1, 0.15) is 0 Å². The summed E-state index contributed by atoms with van der Waals surface area (Å²) in [4.78, 5) is 25.7. The van der Waals surface area contributed by atoms with Gasteiger partial charge in [-0.2, -0.15) is 0 Å². The summed E-state index contributed by atoms with van der Waals surface area (Å²) in [6.07, 6.45) is 3.00. The third kappa shape index (κ3) is 3.73. The van der Waals surface area contributed by atoms with Gasteiger partial charge in [0, 0.05) is 19.5 Å². The van der Waals surface area contributed by atoms with Crippen LogP contribution in [0.3, 0.4) is 0 Å². The van der Waals surface area contributed by atoms with Crippen molar-refractivity contribution in [2.75, 3.05) is 13.1 Å². The number of rotatable bonds is 5. The normalized spacial score (nSPS) is 22.9. The Bertz CT molecular complexity index is 642. The zero-order chi connectivity index (χ0) is 18.2. The van der Waals surface area contributed by atoms with Gasteiger partial charge in [-0.05, 0) is 47.6 Å². The van der Waals surface area contributed by atoms with Crippen molar-refractivity contribution in [1.29, 1.82) is 0 Å². The van der Waals surface area contributed by atoms with Crippen LogP contribution in [0, 0.1) is 11.3 Å². The summed E-state index contributed by atoms with van der Waals surface area (Å²) in [5, 5.41) is 9.16. The van der Waals surface area contributed by atoms with Gasteiger partial charge in [0.2, 0.25) is 5.91 Å². The summed E-state index contributed by atoms with van der Waals surface area (Å²) in [6, 6.07) is 8.59. The minimum absolute atomic E-state index is 0.0130. The maximum Gasteiger partial charge on any atom is 0.307 e. The molecule has 136 valence electrons. The molecule has 1 heterocycles. The number of hydrogen-bond donors (Lipinski definition) is 1. The van der Waals surface area contributed by atoms with Crippen molar-refractivity contribution in [3.05, 3.63) is 35.4 Å². The fourth-order valence-corrected chi connectivity index (χ4v) is 4.17. The van der Waals surface area contributed by atoms with E-state index in [0.29, 0.717) is 25.4 Å². The predicted molar refractivity (Wildman–Crippen MR) is 97.6 cm³/mol. The Hall–Kier alpha value is -1.84. The molecule has 2 fully saturated rings. The fourth-order valence-electron chi connectivity index (χ4n) is 4.17. The second-order valence-electron chi connectivity index (χ2n) is 8.26. The van der Waals surface area contributed by atoms with Gasteiger partial charge in [-0.1, -0.05) is 45.0 Å². The average Bonchev–Trinajstić information content (AvgIpc) is 3.29. The van der Waals surface area contributed by atoms with Crippen LogP contribution in [0.5, 0.6) is 0 Å². The zero-order valence-electron chi connectivity index (χ0n) is 15.5. The van der Waals surface area contributed by atoms with Crippen LogP contribution in [-0.2, 0) is 9.59 Å². The lowest BCUT2D eigenvalue weighted by atomic mass is 9.89. The number of carboxylic acid groups (broad SMARTS) is 1. The Kier molecular flexibility index (Phi) is 4.90. The van der Waals surface area contributed by atoms with Crippen LogP contribution in [-0.4, -0.2) is 35.0 Å². The lowest BCUT2D eigenvalue weighted by Crippen LogP contribution is -2.40. The number of hydrogen-bond acceptors (Lipinski definition) is 2. The molecule has 1 saturated carbocycles. The lowest BCUT2D eigenvalue weighted by Gasteiger charge is -2.33. The highest BCUT2D eigenvalue weighted by atomic mass is 16.4. The van der Waals surface area contributed by atoms with Gasteiger partial charge in [0.15, 0.2) is 0 Å². The Morgan fingerprint density at radius 1 is 1.12 bits per heavy atom. The van der Waals surface area contributed by atoms with E-state index in [9.17, 15) is 9.59 Å². The molecule has 1 amide bonds. The predicted octanol–water partition coefficient (Wildman–Crippen LogP) is 4.02. The summed E-state index contributed by atoms with van der Waals surface area (Å²) in [5.74, 6) is 0.0743. The third-order valence-electron chi connectivity index (χ3n) is 6.25. The largest absolute Gasteiger partial charge is 0.481 e. The molecule has 4 heteroatoms. The van der Waals surface area contributed by atoms with E-state index in [2.05, 4.69) is 45.0 Å². The molecular weight excluding hydrogens is 314 g/mol. The quantitative estimate of drug-likeness (QED) is 0.878. The molecule has 1 spiro atoms. The molecule has 0 aromatic heterocycles. The van der Waals surface area contributed by atoms with Crippen LogP contribution >= 0.6 is 0 Å². The summed E-state index contributed by atoms with van der Waals surface area (Å²) in [7, 11) is 0. The number of likely N-dealkylation sites (tertiary alicyclic amines) is 1. The lowest BCUT2D eigenvalue weighted by molar-refractivity contribution is -0.139. The van der Waals surface area contributed by atoms with E-state index in [4.69, 9.17) is 5.11 Å². The van der Waals surface area contributed by atoms with Crippen LogP contribution in [0.25, 0.3) is 0 Å². The second kappa shape index (κ2) is 6.81. The van der Waals surface area contributed by atoms with E-state index in [-0.39, 0.29) is 23.2 Å². The first-order chi connectivity index (χ1) is 11.8. The minimum Gasteiger partial charge on any atom is -0.481 e. The van der Waals surface area contributed by atoms with Crippen molar-refractivity contribution in [1.82, 2.24) is 4.90 Å². The van der Waals surface area contributed by atoms with E-state index in [1.54, 1.807) is 0 Å². The maximum absolute atomic E-state index is 12.6.